The smallest absolute Gasteiger partial charge is 0.401 e. The first-order valence-corrected chi connectivity index (χ1v) is 6.17. The Bertz CT molecular complexity index is 396. The van der Waals surface area contributed by atoms with Gasteiger partial charge in [-0.3, -0.25) is 4.90 Å². The Hall–Kier alpha value is -1.31. The zero-order chi connectivity index (χ0) is 15.2. The van der Waals surface area contributed by atoms with Gasteiger partial charge in [0.15, 0.2) is 0 Å². The van der Waals surface area contributed by atoms with Gasteiger partial charge in [0.2, 0.25) is 0 Å². The van der Waals surface area contributed by atoms with Gasteiger partial charge in [0.05, 0.1) is 20.3 Å². The maximum Gasteiger partial charge on any atom is 0.401 e. The van der Waals surface area contributed by atoms with Crippen molar-refractivity contribution in [3.05, 3.63) is 29.8 Å². The van der Waals surface area contributed by atoms with E-state index in [9.17, 15) is 13.2 Å². The first-order valence-electron chi connectivity index (χ1n) is 6.17. The van der Waals surface area contributed by atoms with E-state index in [0.717, 1.165) is 4.90 Å². The molecule has 0 saturated carbocycles. The Balaban J connectivity index is 2.93. The molecule has 3 N–H and O–H groups in total. The highest BCUT2D eigenvalue weighted by atomic mass is 19.4. The minimum Gasteiger partial charge on any atom is -0.497 e. The van der Waals surface area contributed by atoms with Crippen molar-refractivity contribution in [2.45, 2.75) is 12.2 Å². The summed E-state index contributed by atoms with van der Waals surface area (Å²) in [7, 11) is 1.51. The van der Waals surface area contributed by atoms with E-state index in [2.05, 4.69) is 0 Å². The highest BCUT2D eigenvalue weighted by Gasteiger charge is 2.33. The Morgan fingerprint density at radius 1 is 1.30 bits per heavy atom. The molecule has 1 unspecified atom stereocenters. The van der Waals surface area contributed by atoms with Crippen LogP contribution in [-0.4, -0.2) is 49.5 Å². The van der Waals surface area contributed by atoms with Gasteiger partial charge in [-0.1, -0.05) is 12.1 Å². The van der Waals surface area contributed by atoms with Crippen LogP contribution in [0.15, 0.2) is 24.3 Å². The summed E-state index contributed by atoms with van der Waals surface area (Å²) >= 11 is 0. The largest absolute Gasteiger partial charge is 0.497 e. The molecule has 0 amide bonds. The molecule has 4 nitrogen and oxygen atoms in total. The maximum atomic E-state index is 12.6. The predicted octanol–water partition coefficient (Wildman–Crippen LogP) is 1.55. The van der Waals surface area contributed by atoms with Crippen molar-refractivity contribution in [1.82, 2.24) is 4.90 Å². The van der Waals surface area contributed by atoms with E-state index >= 15 is 0 Å². The number of aliphatic hydroxyl groups is 1. The normalized spacial score (nSPS) is 13.6. The maximum absolute atomic E-state index is 12.6. The lowest BCUT2D eigenvalue weighted by Crippen LogP contribution is -2.41. The molecule has 0 spiro atoms. The van der Waals surface area contributed by atoms with E-state index in [-0.39, 0.29) is 19.7 Å². The molecule has 0 heterocycles. The van der Waals surface area contributed by atoms with E-state index in [4.69, 9.17) is 15.6 Å². The minimum absolute atomic E-state index is 0.0302. The fraction of sp³-hybridized carbons (Fsp3) is 0.538. The van der Waals surface area contributed by atoms with Crippen LogP contribution in [0.25, 0.3) is 0 Å². The van der Waals surface area contributed by atoms with Gasteiger partial charge in [0, 0.05) is 19.1 Å². The summed E-state index contributed by atoms with van der Waals surface area (Å²) < 4.78 is 42.7. The number of ether oxygens (including phenoxy) is 1. The Morgan fingerprint density at radius 3 is 2.30 bits per heavy atom. The van der Waals surface area contributed by atoms with Crippen LogP contribution >= 0.6 is 0 Å². The fourth-order valence-corrected chi connectivity index (χ4v) is 2.03. The molecule has 1 atom stereocenters. The van der Waals surface area contributed by atoms with Crippen LogP contribution < -0.4 is 10.5 Å². The first-order chi connectivity index (χ1) is 9.41. The van der Waals surface area contributed by atoms with Crippen LogP contribution in [0, 0.1) is 0 Å². The molecule has 20 heavy (non-hydrogen) atoms. The van der Waals surface area contributed by atoms with Crippen LogP contribution in [0.2, 0.25) is 0 Å². The summed E-state index contributed by atoms with van der Waals surface area (Å²) in [6.07, 6.45) is -4.34. The van der Waals surface area contributed by atoms with Crippen molar-refractivity contribution < 1.29 is 23.0 Å². The highest BCUT2D eigenvalue weighted by molar-refractivity contribution is 5.29. The number of hydrogen-bond donors (Lipinski definition) is 2. The number of benzene rings is 1. The third kappa shape index (κ3) is 4.99. The summed E-state index contributed by atoms with van der Waals surface area (Å²) in [5, 5.41) is 8.94. The number of alkyl halides is 3. The molecule has 0 aliphatic rings. The standard InChI is InChI=1S/C13H19F3N2O2/c1-20-11-4-2-10(3-5-11)12(8-17)18(6-7-19)9-13(14,15)16/h2-5,12,19H,6-9,17H2,1H3. The molecular formula is C13H19F3N2O2. The molecule has 0 aliphatic carbocycles. The summed E-state index contributed by atoms with van der Waals surface area (Å²) in [4.78, 5) is 1.13. The minimum atomic E-state index is -4.34. The third-order valence-electron chi connectivity index (χ3n) is 2.93. The lowest BCUT2D eigenvalue weighted by Gasteiger charge is -2.31. The molecule has 0 saturated heterocycles. The van der Waals surface area contributed by atoms with Gasteiger partial charge in [-0.05, 0) is 17.7 Å². The second-order valence-electron chi connectivity index (χ2n) is 4.33. The van der Waals surface area contributed by atoms with Crippen molar-refractivity contribution in [1.29, 1.82) is 0 Å². The summed E-state index contributed by atoms with van der Waals surface area (Å²) in [6.45, 7) is -1.53. The summed E-state index contributed by atoms with van der Waals surface area (Å²) in [6, 6.07) is 6.09. The quantitative estimate of drug-likeness (QED) is 0.800. The lowest BCUT2D eigenvalue weighted by atomic mass is 10.0. The monoisotopic (exact) mass is 292 g/mol. The molecular weight excluding hydrogens is 273 g/mol. The van der Waals surface area contributed by atoms with Crippen molar-refractivity contribution in [3.8, 4) is 5.75 Å². The Morgan fingerprint density at radius 2 is 1.90 bits per heavy atom. The average molecular weight is 292 g/mol. The van der Waals surface area contributed by atoms with Gasteiger partial charge in [0.25, 0.3) is 0 Å². The first kappa shape index (κ1) is 16.7. The van der Waals surface area contributed by atoms with Gasteiger partial charge >= 0.3 is 6.18 Å². The van der Waals surface area contributed by atoms with Gasteiger partial charge in [-0.2, -0.15) is 13.2 Å². The molecule has 0 aromatic heterocycles. The van der Waals surface area contributed by atoms with E-state index in [1.807, 2.05) is 0 Å². The van der Waals surface area contributed by atoms with Crippen LogP contribution in [0.4, 0.5) is 13.2 Å². The molecule has 0 bridgehead atoms. The van der Waals surface area contributed by atoms with E-state index in [1.165, 1.54) is 7.11 Å². The second-order valence-corrected chi connectivity index (χ2v) is 4.33. The van der Waals surface area contributed by atoms with Crippen LogP contribution in [0.5, 0.6) is 5.75 Å². The van der Waals surface area contributed by atoms with Crippen molar-refractivity contribution in [2.75, 3.05) is 33.4 Å². The van der Waals surface area contributed by atoms with E-state index in [1.54, 1.807) is 24.3 Å². The molecule has 1 aromatic rings. The number of halogens is 3. The Labute approximate surface area is 115 Å². The molecule has 0 fully saturated rings. The molecule has 0 aliphatic heterocycles. The highest BCUT2D eigenvalue weighted by Crippen LogP contribution is 2.26. The van der Waals surface area contributed by atoms with Crippen molar-refractivity contribution in [2.24, 2.45) is 5.73 Å². The predicted molar refractivity (Wildman–Crippen MR) is 69.5 cm³/mol. The van der Waals surface area contributed by atoms with Gasteiger partial charge in [-0.25, -0.2) is 0 Å². The average Bonchev–Trinajstić information content (AvgIpc) is 2.39. The zero-order valence-electron chi connectivity index (χ0n) is 11.2. The number of rotatable bonds is 7. The van der Waals surface area contributed by atoms with Crippen molar-refractivity contribution in [3.63, 3.8) is 0 Å². The topological polar surface area (TPSA) is 58.7 Å². The molecule has 0 radical (unpaired) electrons. The summed E-state index contributed by atoms with van der Waals surface area (Å²) in [5.41, 5.74) is 6.26. The second kappa shape index (κ2) is 7.47. The van der Waals surface area contributed by atoms with Crippen LogP contribution in [-0.2, 0) is 0 Å². The van der Waals surface area contributed by atoms with Gasteiger partial charge in [-0.15, -0.1) is 0 Å². The Kier molecular flexibility index (Phi) is 6.25. The third-order valence-corrected chi connectivity index (χ3v) is 2.93. The number of hydrogen-bond acceptors (Lipinski definition) is 4. The fourth-order valence-electron chi connectivity index (χ4n) is 2.03. The molecule has 114 valence electrons. The van der Waals surface area contributed by atoms with Crippen LogP contribution in [0.3, 0.4) is 0 Å². The SMILES string of the molecule is COc1ccc(C(CN)N(CCO)CC(F)(F)F)cc1. The number of nitrogens with two attached hydrogens (primary N) is 1. The molecule has 1 aromatic carbocycles. The summed E-state index contributed by atoms with van der Waals surface area (Å²) in [5.74, 6) is 0.619. The molecule has 7 heteroatoms. The van der Waals surface area contributed by atoms with Gasteiger partial charge in [0.1, 0.15) is 5.75 Å². The number of methoxy groups -OCH3 is 1. The van der Waals surface area contributed by atoms with E-state index < -0.39 is 18.8 Å². The zero-order valence-corrected chi connectivity index (χ0v) is 11.2. The van der Waals surface area contributed by atoms with Gasteiger partial charge < -0.3 is 15.6 Å². The lowest BCUT2D eigenvalue weighted by molar-refractivity contribution is -0.151. The number of aliphatic hydroxyl groups excluding tert-OH is 1. The molecule has 1 rings (SSSR count). The van der Waals surface area contributed by atoms with Crippen LogP contribution in [0.1, 0.15) is 11.6 Å². The van der Waals surface area contributed by atoms with Crippen molar-refractivity contribution >= 4 is 0 Å². The van der Waals surface area contributed by atoms with E-state index in [0.29, 0.717) is 11.3 Å². The number of nitrogens with zero attached hydrogens (tertiary/aromatic N) is 1.